The zero-order chi connectivity index (χ0) is 20.8. The van der Waals surface area contributed by atoms with Gasteiger partial charge < -0.3 is 5.11 Å². The predicted molar refractivity (Wildman–Crippen MR) is 103 cm³/mol. The quantitative estimate of drug-likeness (QED) is 0.482. The van der Waals surface area contributed by atoms with Crippen LogP contribution < -0.4 is 0 Å². The Morgan fingerprint density at radius 1 is 1.00 bits per heavy atom. The van der Waals surface area contributed by atoms with Crippen LogP contribution in [0.1, 0.15) is 21.5 Å². The predicted octanol–water partition coefficient (Wildman–Crippen LogP) is 5.72. The minimum atomic E-state index is -4.48. The molecule has 0 amide bonds. The van der Waals surface area contributed by atoms with Crippen molar-refractivity contribution in [3.63, 3.8) is 0 Å². The van der Waals surface area contributed by atoms with Gasteiger partial charge in [-0.1, -0.05) is 30.3 Å². The van der Waals surface area contributed by atoms with E-state index in [1.807, 2.05) is 31.2 Å². The van der Waals surface area contributed by atoms with E-state index < -0.39 is 17.7 Å². The third-order valence-corrected chi connectivity index (χ3v) is 4.72. The number of hydrogen-bond donors (Lipinski definition) is 1. The van der Waals surface area contributed by atoms with Crippen LogP contribution >= 0.6 is 0 Å². The lowest BCUT2D eigenvalue weighted by Gasteiger charge is -2.12. The van der Waals surface area contributed by atoms with Crippen molar-refractivity contribution in [2.75, 3.05) is 0 Å². The van der Waals surface area contributed by atoms with Gasteiger partial charge in [0.1, 0.15) is 5.82 Å². The minimum Gasteiger partial charge on any atom is -0.478 e. The highest BCUT2D eigenvalue weighted by Gasteiger charge is 2.31. The van der Waals surface area contributed by atoms with E-state index in [4.69, 9.17) is 0 Å². The normalized spacial score (nSPS) is 11.7. The molecule has 1 aromatic heterocycles. The molecule has 4 nitrogen and oxygen atoms in total. The number of alkyl halides is 3. The summed E-state index contributed by atoms with van der Waals surface area (Å²) in [5, 5.41) is 9.33. The lowest BCUT2D eigenvalue weighted by molar-refractivity contribution is -0.137. The second kappa shape index (κ2) is 6.77. The number of carboxylic acids is 1. The molecule has 0 unspecified atom stereocenters. The summed E-state index contributed by atoms with van der Waals surface area (Å²) in [7, 11) is 0. The summed E-state index contributed by atoms with van der Waals surface area (Å²) in [6, 6.07) is 17.0. The van der Waals surface area contributed by atoms with Gasteiger partial charge in [-0.25, -0.2) is 9.78 Å². The maximum Gasteiger partial charge on any atom is 0.416 e. The first-order valence-corrected chi connectivity index (χ1v) is 8.75. The highest BCUT2D eigenvalue weighted by Crippen LogP contribution is 2.35. The van der Waals surface area contributed by atoms with Crippen molar-refractivity contribution in [1.29, 1.82) is 0 Å². The molecule has 0 bridgehead atoms. The molecular formula is C22H15F3N2O2. The lowest BCUT2D eigenvalue weighted by Crippen LogP contribution is -2.04. The van der Waals surface area contributed by atoms with Crippen molar-refractivity contribution in [3.8, 4) is 17.1 Å². The van der Waals surface area contributed by atoms with Gasteiger partial charge in [-0.15, -0.1) is 0 Å². The summed E-state index contributed by atoms with van der Waals surface area (Å²) in [5.41, 5.74) is 2.08. The number of aromatic carboxylic acids is 1. The van der Waals surface area contributed by atoms with Gasteiger partial charge in [-0.2, -0.15) is 13.2 Å². The topological polar surface area (TPSA) is 55.1 Å². The molecule has 0 spiro atoms. The molecule has 3 aromatic carbocycles. The first-order valence-electron chi connectivity index (χ1n) is 8.75. The number of halogens is 3. The zero-order valence-electron chi connectivity index (χ0n) is 15.2. The van der Waals surface area contributed by atoms with Crippen molar-refractivity contribution in [1.82, 2.24) is 9.55 Å². The monoisotopic (exact) mass is 396 g/mol. The molecule has 29 heavy (non-hydrogen) atoms. The van der Waals surface area contributed by atoms with Crippen LogP contribution in [-0.2, 0) is 6.18 Å². The molecule has 146 valence electrons. The summed E-state index contributed by atoms with van der Waals surface area (Å²) in [6.07, 6.45) is -4.48. The van der Waals surface area contributed by atoms with Crippen molar-refractivity contribution in [2.24, 2.45) is 0 Å². The van der Waals surface area contributed by atoms with Crippen LogP contribution in [0.25, 0.3) is 28.1 Å². The molecule has 0 aliphatic carbocycles. The Balaban J connectivity index is 2.05. The smallest absolute Gasteiger partial charge is 0.416 e. The Hall–Kier alpha value is -3.61. The minimum absolute atomic E-state index is 0.0759. The molecule has 0 saturated carbocycles. The van der Waals surface area contributed by atoms with E-state index in [-0.39, 0.29) is 11.1 Å². The number of nitrogens with zero attached hydrogens (tertiary/aromatic N) is 2. The average molecular weight is 396 g/mol. The second-order valence-corrected chi connectivity index (χ2v) is 6.64. The molecule has 0 radical (unpaired) electrons. The van der Waals surface area contributed by atoms with Gasteiger partial charge in [0.25, 0.3) is 0 Å². The van der Waals surface area contributed by atoms with Gasteiger partial charge in [-0.3, -0.25) is 4.57 Å². The summed E-state index contributed by atoms with van der Waals surface area (Å²) in [6.45, 7) is 1.88. The molecule has 4 rings (SSSR count). The van der Waals surface area contributed by atoms with Crippen LogP contribution in [0.5, 0.6) is 0 Å². The van der Waals surface area contributed by atoms with E-state index in [1.165, 1.54) is 18.2 Å². The molecule has 7 heteroatoms. The van der Waals surface area contributed by atoms with Crippen LogP contribution in [0.15, 0.2) is 66.7 Å². The third kappa shape index (κ3) is 3.35. The first-order chi connectivity index (χ1) is 13.8. The summed E-state index contributed by atoms with van der Waals surface area (Å²) >= 11 is 0. The van der Waals surface area contributed by atoms with Crippen LogP contribution in [-0.4, -0.2) is 20.6 Å². The molecule has 0 aliphatic rings. The fraction of sp³-hybridized carbons (Fsp3) is 0.0909. The van der Waals surface area contributed by atoms with Gasteiger partial charge in [0.15, 0.2) is 0 Å². The highest BCUT2D eigenvalue weighted by molar-refractivity contribution is 5.89. The van der Waals surface area contributed by atoms with Gasteiger partial charge in [-0.05, 0) is 48.9 Å². The van der Waals surface area contributed by atoms with Gasteiger partial charge in [0, 0.05) is 11.3 Å². The van der Waals surface area contributed by atoms with E-state index in [0.717, 1.165) is 23.3 Å². The highest BCUT2D eigenvalue weighted by atomic mass is 19.4. The van der Waals surface area contributed by atoms with Crippen molar-refractivity contribution >= 4 is 17.0 Å². The standard InChI is InChI=1S/C22H15F3N2O2/c1-13-5-2-3-8-17(13)20-26-18-12-15(22(23,24)25)9-10-19(18)27(20)16-7-4-6-14(11-16)21(28)29/h2-12H,1H3,(H,28,29). The van der Waals surface area contributed by atoms with Gasteiger partial charge in [0.05, 0.1) is 22.2 Å². The molecule has 0 atom stereocenters. The third-order valence-electron chi connectivity index (χ3n) is 4.72. The summed E-state index contributed by atoms with van der Waals surface area (Å²) in [4.78, 5) is 15.9. The van der Waals surface area contributed by atoms with E-state index in [1.54, 1.807) is 16.7 Å². The Morgan fingerprint density at radius 2 is 1.76 bits per heavy atom. The molecule has 4 aromatic rings. The number of imidazole rings is 1. The van der Waals surface area contributed by atoms with E-state index in [9.17, 15) is 23.1 Å². The number of fused-ring (bicyclic) bond motifs is 1. The SMILES string of the molecule is Cc1ccccc1-c1nc2cc(C(F)(F)F)ccc2n1-c1cccc(C(=O)O)c1. The Labute approximate surface area is 163 Å². The molecule has 1 heterocycles. The largest absolute Gasteiger partial charge is 0.478 e. The summed E-state index contributed by atoms with van der Waals surface area (Å²) < 4.78 is 41.2. The number of carboxylic acid groups (broad SMARTS) is 1. The number of benzene rings is 3. The van der Waals surface area contributed by atoms with Gasteiger partial charge >= 0.3 is 12.1 Å². The first kappa shape index (κ1) is 18.7. The Kier molecular flexibility index (Phi) is 4.38. The maximum atomic E-state index is 13.2. The van der Waals surface area contributed by atoms with E-state index in [2.05, 4.69) is 4.98 Å². The lowest BCUT2D eigenvalue weighted by atomic mass is 10.1. The summed E-state index contributed by atoms with van der Waals surface area (Å²) in [5.74, 6) is -0.645. The number of carbonyl (C=O) groups is 1. The number of hydrogen-bond acceptors (Lipinski definition) is 2. The van der Waals surface area contributed by atoms with Gasteiger partial charge in [0.2, 0.25) is 0 Å². The Bertz CT molecular complexity index is 1240. The molecule has 1 N–H and O–H groups in total. The zero-order valence-corrected chi connectivity index (χ0v) is 15.2. The number of aryl methyl sites for hydroxylation is 1. The number of aromatic nitrogens is 2. The number of rotatable bonds is 3. The van der Waals surface area contributed by atoms with Crippen LogP contribution in [0.2, 0.25) is 0 Å². The van der Waals surface area contributed by atoms with Crippen molar-refractivity contribution < 1.29 is 23.1 Å². The van der Waals surface area contributed by atoms with E-state index >= 15 is 0 Å². The average Bonchev–Trinajstić information content (AvgIpc) is 3.06. The molecule has 0 fully saturated rings. The molecule has 0 aliphatic heterocycles. The molecular weight excluding hydrogens is 381 g/mol. The second-order valence-electron chi connectivity index (χ2n) is 6.64. The van der Waals surface area contributed by atoms with Crippen LogP contribution in [0.3, 0.4) is 0 Å². The van der Waals surface area contributed by atoms with E-state index in [0.29, 0.717) is 17.0 Å². The molecule has 0 saturated heterocycles. The fourth-order valence-corrected chi connectivity index (χ4v) is 3.30. The van der Waals surface area contributed by atoms with Crippen LogP contribution in [0, 0.1) is 6.92 Å². The van der Waals surface area contributed by atoms with Crippen molar-refractivity contribution in [2.45, 2.75) is 13.1 Å². The Morgan fingerprint density at radius 3 is 2.45 bits per heavy atom. The fourth-order valence-electron chi connectivity index (χ4n) is 3.30. The maximum absolute atomic E-state index is 13.2. The van der Waals surface area contributed by atoms with Crippen molar-refractivity contribution in [3.05, 3.63) is 83.4 Å². The van der Waals surface area contributed by atoms with Crippen LogP contribution in [0.4, 0.5) is 13.2 Å².